The molecule has 1 heterocycles. The standard InChI is InChI=1S/C16H21NS/c1-13(2)16(14-7-4-3-5-8-14)17-11-10-15-9-6-12-18-15/h3-9,12-13,16-17H,10-11H2,1-2H3. The van der Waals surface area contributed by atoms with Crippen molar-refractivity contribution in [2.75, 3.05) is 6.54 Å². The maximum Gasteiger partial charge on any atom is 0.0343 e. The average molecular weight is 259 g/mol. The van der Waals surface area contributed by atoms with Crippen LogP contribution in [0.15, 0.2) is 47.8 Å². The van der Waals surface area contributed by atoms with E-state index in [1.807, 2.05) is 11.3 Å². The average Bonchev–Trinajstić information content (AvgIpc) is 2.88. The number of hydrogen-bond donors (Lipinski definition) is 1. The Morgan fingerprint density at radius 1 is 1.06 bits per heavy atom. The minimum Gasteiger partial charge on any atom is -0.309 e. The van der Waals surface area contributed by atoms with Gasteiger partial charge in [0.15, 0.2) is 0 Å². The fourth-order valence-electron chi connectivity index (χ4n) is 2.20. The number of rotatable bonds is 6. The second kappa shape index (κ2) is 6.72. The van der Waals surface area contributed by atoms with Crippen molar-refractivity contribution in [1.29, 1.82) is 0 Å². The molecule has 0 bridgehead atoms. The van der Waals surface area contributed by atoms with Gasteiger partial charge in [0.25, 0.3) is 0 Å². The molecule has 1 aromatic heterocycles. The van der Waals surface area contributed by atoms with Gasteiger partial charge in [-0.3, -0.25) is 0 Å². The Hall–Kier alpha value is -1.12. The molecule has 1 nitrogen and oxygen atoms in total. The van der Waals surface area contributed by atoms with Crippen LogP contribution in [0.2, 0.25) is 0 Å². The predicted octanol–water partition coefficient (Wildman–Crippen LogP) is 4.28. The van der Waals surface area contributed by atoms with Crippen LogP contribution in [0.25, 0.3) is 0 Å². The van der Waals surface area contributed by atoms with E-state index in [1.165, 1.54) is 10.4 Å². The quantitative estimate of drug-likeness (QED) is 0.816. The predicted molar refractivity (Wildman–Crippen MR) is 80.0 cm³/mol. The molecule has 0 saturated heterocycles. The summed E-state index contributed by atoms with van der Waals surface area (Å²) in [6.07, 6.45) is 1.12. The molecule has 2 rings (SSSR count). The highest BCUT2D eigenvalue weighted by atomic mass is 32.1. The lowest BCUT2D eigenvalue weighted by molar-refractivity contribution is 0.415. The number of hydrogen-bond acceptors (Lipinski definition) is 2. The Balaban J connectivity index is 1.91. The van der Waals surface area contributed by atoms with Gasteiger partial charge in [-0.15, -0.1) is 11.3 Å². The van der Waals surface area contributed by atoms with Crippen molar-refractivity contribution < 1.29 is 0 Å². The van der Waals surface area contributed by atoms with Gasteiger partial charge >= 0.3 is 0 Å². The van der Waals surface area contributed by atoms with E-state index < -0.39 is 0 Å². The van der Waals surface area contributed by atoms with E-state index in [4.69, 9.17) is 0 Å². The van der Waals surface area contributed by atoms with Crippen LogP contribution in [0.4, 0.5) is 0 Å². The Morgan fingerprint density at radius 3 is 2.44 bits per heavy atom. The van der Waals surface area contributed by atoms with Gasteiger partial charge in [-0.1, -0.05) is 50.2 Å². The molecular weight excluding hydrogens is 238 g/mol. The van der Waals surface area contributed by atoms with E-state index >= 15 is 0 Å². The van der Waals surface area contributed by atoms with Crippen LogP contribution in [-0.2, 0) is 6.42 Å². The summed E-state index contributed by atoms with van der Waals surface area (Å²) in [5, 5.41) is 5.83. The monoisotopic (exact) mass is 259 g/mol. The van der Waals surface area contributed by atoms with Crippen molar-refractivity contribution in [1.82, 2.24) is 5.32 Å². The lowest BCUT2D eigenvalue weighted by Gasteiger charge is -2.23. The van der Waals surface area contributed by atoms with Crippen LogP contribution in [0.1, 0.15) is 30.3 Å². The van der Waals surface area contributed by atoms with Crippen LogP contribution in [0, 0.1) is 5.92 Å². The van der Waals surface area contributed by atoms with Crippen LogP contribution < -0.4 is 5.32 Å². The first-order chi connectivity index (χ1) is 8.77. The zero-order valence-electron chi connectivity index (χ0n) is 11.1. The third-order valence-corrected chi connectivity index (χ3v) is 4.08. The van der Waals surface area contributed by atoms with Crippen molar-refractivity contribution in [3.63, 3.8) is 0 Å². The van der Waals surface area contributed by atoms with Crippen LogP contribution in [0.3, 0.4) is 0 Å². The van der Waals surface area contributed by atoms with E-state index in [0.29, 0.717) is 12.0 Å². The lowest BCUT2D eigenvalue weighted by Crippen LogP contribution is -2.27. The second-order valence-corrected chi connectivity index (χ2v) is 5.95. The summed E-state index contributed by atoms with van der Waals surface area (Å²) in [5.74, 6) is 0.607. The van der Waals surface area contributed by atoms with Gasteiger partial charge in [0, 0.05) is 17.5 Å². The Bertz CT molecular complexity index is 433. The number of thiophene rings is 1. The molecule has 96 valence electrons. The minimum absolute atomic E-state index is 0.450. The fraction of sp³-hybridized carbons (Fsp3) is 0.375. The Morgan fingerprint density at radius 2 is 1.83 bits per heavy atom. The van der Waals surface area contributed by atoms with Gasteiger partial charge in [0.1, 0.15) is 0 Å². The van der Waals surface area contributed by atoms with Crippen LogP contribution in [0.5, 0.6) is 0 Å². The number of benzene rings is 1. The van der Waals surface area contributed by atoms with Crippen molar-refractivity contribution >= 4 is 11.3 Å². The zero-order valence-corrected chi connectivity index (χ0v) is 11.9. The molecule has 2 heteroatoms. The SMILES string of the molecule is CC(C)C(NCCc1cccs1)c1ccccc1. The molecule has 0 aliphatic rings. The molecule has 0 amide bonds. The first-order valence-corrected chi connectivity index (χ1v) is 7.46. The van der Waals surface area contributed by atoms with Gasteiger partial charge in [-0.25, -0.2) is 0 Å². The van der Waals surface area contributed by atoms with Crippen molar-refractivity contribution in [3.05, 3.63) is 58.3 Å². The summed E-state index contributed by atoms with van der Waals surface area (Å²) < 4.78 is 0. The molecule has 1 unspecified atom stereocenters. The van der Waals surface area contributed by atoms with E-state index in [1.54, 1.807) is 0 Å². The first kappa shape index (κ1) is 13.3. The molecule has 0 aliphatic heterocycles. The van der Waals surface area contributed by atoms with E-state index in [0.717, 1.165) is 13.0 Å². The van der Waals surface area contributed by atoms with Crippen molar-refractivity contribution in [3.8, 4) is 0 Å². The lowest BCUT2D eigenvalue weighted by atomic mass is 9.96. The highest BCUT2D eigenvalue weighted by Crippen LogP contribution is 2.21. The Kier molecular flexibility index (Phi) is 4.97. The molecule has 0 spiro atoms. The summed E-state index contributed by atoms with van der Waals surface area (Å²) in [6.45, 7) is 5.59. The Labute approximate surface area is 114 Å². The molecule has 1 atom stereocenters. The van der Waals surface area contributed by atoms with E-state index in [-0.39, 0.29) is 0 Å². The fourth-order valence-corrected chi connectivity index (χ4v) is 2.91. The first-order valence-electron chi connectivity index (χ1n) is 6.58. The third kappa shape index (κ3) is 3.69. The van der Waals surface area contributed by atoms with E-state index in [9.17, 15) is 0 Å². The van der Waals surface area contributed by atoms with Gasteiger partial charge in [-0.2, -0.15) is 0 Å². The van der Waals surface area contributed by atoms with Crippen LogP contribution in [-0.4, -0.2) is 6.54 Å². The molecule has 18 heavy (non-hydrogen) atoms. The van der Waals surface area contributed by atoms with E-state index in [2.05, 4.69) is 67.0 Å². The summed E-state index contributed by atoms with van der Waals surface area (Å²) in [5.41, 5.74) is 1.39. The summed E-state index contributed by atoms with van der Waals surface area (Å²) >= 11 is 1.84. The number of nitrogens with one attached hydrogen (secondary N) is 1. The molecular formula is C16H21NS. The van der Waals surface area contributed by atoms with Gasteiger partial charge < -0.3 is 5.32 Å². The van der Waals surface area contributed by atoms with Crippen molar-refractivity contribution in [2.45, 2.75) is 26.3 Å². The zero-order chi connectivity index (χ0) is 12.8. The molecule has 0 saturated carbocycles. The second-order valence-electron chi connectivity index (χ2n) is 4.92. The molecule has 2 aromatic rings. The molecule has 0 radical (unpaired) electrons. The molecule has 1 aromatic carbocycles. The summed E-state index contributed by atoms with van der Waals surface area (Å²) in [4.78, 5) is 1.46. The van der Waals surface area contributed by atoms with Crippen molar-refractivity contribution in [2.24, 2.45) is 5.92 Å². The van der Waals surface area contributed by atoms with Crippen LogP contribution >= 0.6 is 11.3 Å². The molecule has 0 aliphatic carbocycles. The highest BCUT2D eigenvalue weighted by Gasteiger charge is 2.14. The maximum absolute atomic E-state index is 3.68. The highest BCUT2D eigenvalue weighted by molar-refractivity contribution is 7.09. The largest absolute Gasteiger partial charge is 0.309 e. The van der Waals surface area contributed by atoms with Gasteiger partial charge in [-0.05, 0) is 29.3 Å². The third-order valence-electron chi connectivity index (χ3n) is 3.14. The summed E-state index contributed by atoms with van der Waals surface area (Å²) in [6, 6.07) is 15.5. The smallest absolute Gasteiger partial charge is 0.0343 e. The molecule has 0 fully saturated rings. The van der Waals surface area contributed by atoms with Gasteiger partial charge in [0.2, 0.25) is 0 Å². The maximum atomic E-state index is 3.68. The van der Waals surface area contributed by atoms with Gasteiger partial charge in [0.05, 0.1) is 0 Å². The molecule has 1 N–H and O–H groups in total. The minimum atomic E-state index is 0.450. The normalized spacial score (nSPS) is 12.8. The summed E-state index contributed by atoms with van der Waals surface area (Å²) in [7, 11) is 0. The topological polar surface area (TPSA) is 12.0 Å².